The zero-order valence-electron chi connectivity index (χ0n) is 5.51. The first-order valence-corrected chi connectivity index (χ1v) is 3.45. The van der Waals surface area contributed by atoms with Gasteiger partial charge in [-0.15, -0.1) is 11.6 Å². The van der Waals surface area contributed by atoms with Crippen LogP contribution in [0.4, 0.5) is 0 Å². The Balaban J connectivity index is 3.26. The molecule has 0 aliphatic carbocycles. The Morgan fingerprint density at radius 3 is 2.80 bits per heavy atom. The van der Waals surface area contributed by atoms with Crippen molar-refractivity contribution in [1.82, 2.24) is 5.32 Å². The maximum Gasteiger partial charge on any atom is 0.235 e. The van der Waals surface area contributed by atoms with Gasteiger partial charge in [-0.2, -0.15) is 0 Å². The van der Waals surface area contributed by atoms with Gasteiger partial charge >= 0.3 is 0 Å². The van der Waals surface area contributed by atoms with Gasteiger partial charge in [0.25, 0.3) is 0 Å². The molecule has 0 saturated carbocycles. The smallest absolute Gasteiger partial charge is 0.235 e. The highest BCUT2D eigenvalue weighted by atomic mass is 35.5. The quantitative estimate of drug-likeness (QED) is 0.453. The Hall–Kier alpha value is -0.320. The molecule has 0 aromatic rings. The van der Waals surface area contributed by atoms with E-state index in [0.717, 1.165) is 0 Å². The van der Waals surface area contributed by atoms with Crippen LogP contribution in [0.3, 0.4) is 0 Å². The predicted octanol–water partition coefficient (Wildman–Crippen LogP) is -1.34. The van der Waals surface area contributed by atoms with Crippen LogP contribution in [0.15, 0.2) is 0 Å². The summed E-state index contributed by atoms with van der Waals surface area (Å²) >= 11 is 5.15. The molecule has 10 heavy (non-hydrogen) atoms. The summed E-state index contributed by atoms with van der Waals surface area (Å²) in [6, 6.07) is 0. The summed E-state index contributed by atoms with van der Waals surface area (Å²) in [5, 5.41) is 11.2. The Morgan fingerprint density at radius 2 is 2.40 bits per heavy atom. The third-order valence-electron chi connectivity index (χ3n) is 0.928. The summed E-state index contributed by atoms with van der Waals surface area (Å²) in [5.41, 5.74) is 5.07. The number of amides is 1. The molecule has 60 valence electrons. The van der Waals surface area contributed by atoms with Crippen molar-refractivity contribution in [1.29, 1.82) is 0 Å². The first-order chi connectivity index (χ1) is 4.70. The van der Waals surface area contributed by atoms with Crippen molar-refractivity contribution in [2.75, 3.05) is 19.0 Å². The lowest BCUT2D eigenvalue weighted by molar-refractivity contribution is -0.119. The number of hydrogen-bond donors (Lipinski definition) is 3. The maximum atomic E-state index is 10.4. The highest BCUT2D eigenvalue weighted by Crippen LogP contribution is 1.77. The minimum atomic E-state index is -0.674. The third kappa shape index (κ3) is 4.55. The van der Waals surface area contributed by atoms with Crippen LogP contribution in [-0.4, -0.2) is 36.1 Å². The van der Waals surface area contributed by atoms with Crippen LogP contribution in [0.1, 0.15) is 0 Å². The van der Waals surface area contributed by atoms with Gasteiger partial charge in [-0.05, 0) is 0 Å². The average molecular weight is 167 g/mol. The molecule has 4 nitrogen and oxygen atoms in total. The molecule has 5 heteroatoms. The Bertz CT molecular complexity index is 110. The Kier molecular flexibility index (Phi) is 5.29. The van der Waals surface area contributed by atoms with Gasteiger partial charge in [0.15, 0.2) is 0 Å². The minimum absolute atomic E-state index is 0.0860. The first-order valence-electron chi connectivity index (χ1n) is 2.91. The van der Waals surface area contributed by atoms with E-state index in [1.54, 1.807) is 0 Å². The summed E-state index contributed by atoms with van der Waals surface area (Å²) in [7, 11) is 0. The molecule has 1 amide bonds. The highest BCUT2D eigenvalue weighted by molar-refractivity contribution is 6.27. The van der Waals surface area contributed by atoms with E-state index in [1.165, 1.54) is 0 Å². The van der Waals surface area contributed by atoms with Crippen molar-refractivity contribution >= 4 is 17.5 Å². The molecular weight excluding hydrogens is 156 g/mol. The maximum absolute atomic E-state index is 10.4. The van der Waals surface area contributed by atoms with Gasteiger partial charge in [0, 0.05) is 13.1 Å². The van der Waals surface area contributed by atoms with E-state index in [2.05, 4.69) is 5.32 Å². The molecule has 0 heterocycles. The zero-order chi connectivity index (χ0) is 7.98. The number of carbonyl (C=O) groups excluding carboxylic acids is 1. The molecule has 1 unspecified atom stereocenters. The Labute approximate surface area is 64.3 Å². The lowest BCUT2D eigenvalue weighted by atomic mass is 10.3. The zero-order valence-corrected chi connectivity index (χ0v) is 6.27. The van der Waals surface area contributed by atoms with Gasteiger partial charge < -0.3 is 16.2 Å². The van der Waals surface area contributed by atoms with Crippen molar-refractivity contribution in [3.05, 3.63) is 0 Å². The van der Waals surface area contributed by atoms with Crippen molar-refractivity contribution in [3.8, 4) is 0 Å². The van der Waals surface area contributed by atoms with Crippen molar-refractivity contribution < 1.29 is 9.90 Å². The molecule has 0 spiro atoms. The van der Waals surface area contributed by atoms with Gasteiger partial charge in [-0.1, -0.05) is 0 Å². The fourth-order valence-electron chi connectivity index (χ4n) is 0.362. The summed E-state index contributed by atoms with van der Waals surface area (Å²) in [5.74, 6) is -0.383. The lowest BCUT2D eigenvalue weighted by Gasteiger charge is -2.07. The molecular formula is C5H11ClN2O2. The van der Waals surface area contributed by atoms with Gasteiger partial charge in [0.1, 0.15) is 5.88 Å². The molecule has 4 N–H and O–H groups in total. The van der Waals surface area contributed by atoms with Gasteiger partial charge in [-0.25, -0.2) is 0 Å². The summed E-state index contributed by atoms with van der Waals surface area (Å²) < 4.78 is 0. The fourth-order valence-corrected chi connectivity index (χ4v) is 0.457. The number of aliphatic hydroxyl groups is 1. The molecule has 0 aliphatic rings. The second kappa shape index (κ2) is 5.46. The van der Waals surface area contributed by atoms with Crippen LogP contribution in [0, 0.1) is 0 Å². The van der Waals surface area contributed by atoms with Crippen molar-refractivity contribution in [3.63, 3.8) is 0 Å². The molecule has 0 saturated heterocycles. The normalized spacial score (nSPS) is 12.7. The SMILES string of the molecule is NCC(O)CNC(=O)CCl. The third-order valence-corrected chi connectivity index (χ3v) is 1.17. The number of hydrogen-bond acceptors (Lipinski definition) is 3. The minimum Gasteiger partial charge on any atom is -0.390 e. The van der Waals surface area contributed by atoms with Crippen LogP contribution in [0.25, 0.3) is 0 Å². The van der Waals surface area contributed by atoms with Crippen molar-refractivity contribution in [2.45, 2.75) is 6.10 Å². The monoisotopic (exact) mass is 166 g/mol. The van der Waals surface area contributed by atoms with E-state index in [1.807, 2.05) is 0 Å². The predicted molar refractivity (Wildman–Crippen MR) is 38.8 cm³/mol. The molecule has 0 aromatic carbocycles. The second-order valence-corrected chi connectivity index (χ2v) is 2.09. The van der Waals surface area contributed by atoms with Crippen LogP contribution < -0.4 is 11.1 Å². The summed E-state index contributed by atoms with van der Waals surface area (Å²) in [6.45, 7) is 0.310. The molecule has 1 atom stereocenters. The number of aliphatic hydroxyl groups excluding tert-OH is 1. The van der Waals surface area contributed by atoms with E-state index in [0.29, 0.717) is 0 Å². The average Bonchev–Trinajstić information content (AvgIpc) is 1.99. The lowest BCUT2D eigenvalue weighted by Crippen LogP contribution is -2.36. The molecule has 0 aromatic heterocycles. The molecule has 0 bridgehead atoms. The van der Waals surface area contributed by atoms with E-state index in [4.69, 9.17) is 22.4 Å². The highest BCUT2D eigenvalue weighted by Gasteiger charge is 2.02. The topological polar surface area (TPSA) is 75.3 Å². The van der Waals surface area contributed by atoms with E-state index < -0.39 is 6.10 Å². The van der Waals surface area contributed by atoms with Crippen LogP contribution >= 0.6 is 11.6 Å². The van der Waals surface area contributed by atoms with E-state index in [9.17, 15) is 4.79 Å². The standard InChI is InChI=1S/C5H11ClN2O2/c6-1-5(10)8-3-4(9)2-7/h4,9H,1-3,7H2,(H,8,10). The number of carbonyl (C=O) groups is 1. The number of halogens is 1. The molecule has 0 aliphatic heterocycles. The number of nitrogens with one attached hydrogen (secondary N) is 1. The second-order valence-electron chi connectivity index (χ2n) is 1.83. The van der Waals surface area contributed by atoms with Crippen LogP contribution in [0.2, 0.25) is 0 Å². The van der Waals surface area contributed by atoms with Gasteiger partial charge in [-0.3, -0.25) is 4.79 Å². The number of rotatable bonds is 4. The number of nitrogens with two attached hydrogens (primary N) is 1. The molecule has 0 fully saturated rings. The van der Waals surface area contributed by atoms with Gasteiger partial charge in [0.2, 0.25) is 5.91 Å². The van der Waals surface area contributed by atoms with Crippen molar-refractivity contribution in [2.24, 2.45) is 5.73 Å². The molecule has 0 radical (unpaired) electrons. The van der Waals surface area contributed by atoms with E-state index >= 15 is 0 Å². The van der Waals surface area contributed by atoms with Gasteiger partial charge in [0.05, 0.1) is 6.10 Å². The fraction of sp³-hybridized carbons (Fsp3) is 0.800. The van der Waals surface area contributed by atoms with Crippen LogP contribution in [0.5, 0.6) is 0 Å². The van der Waals surface area contributed by atoms with Crippen LogP contribution in [-0.2, 0) is 4.79 Å². The Morgan fingerprint density at radius 1 is 1.80 bits per heavy atom. The first kappa shape index (κ1) is 9.68. The largest absolute Gasteiger partial charge is 0.390 e. The van der Waals surface area contributed by atoms with E-state index in [-0.39, 0.29) is 24.9 Å². The number of alkyl halides is 1. The summed E-state index contributed by atoms with van der Waals surface area (Å²) in [6.07, 6.45) is -0.674. The molecule has 0 rings (SSSR count). The summed E-state index contributed by atoms with van der Waals surface area (Å²) in [4.78, 5) is 10.4.